The van der Waals surface area contributed by atoms with Crippen LogP contribution in [0.25, 0.3) is 0 Å². The summed E-state index contributed by atoms with van der Waals surface area (Å²) < 4.78 is 0. The molecule has 14 heavy (non-hydrogen) atoms. The zero-order chi connectivity index (χ0) is 10.6. The van der Waals surface area contributed by atoms with Crippen molar-refractivity contribution in [3.05, 3.63) is 29.0 Å². The number of primary amides is 1. The second-order valence-electron chi connectivity index (χ2n) is 2.94. The van der Waals surface area contributed by atoms with Crippen LogP contribution in [0.2, 0.25) is 5.15 Å². The second-order valence-corrected chi connectivity index (χ2v) is 3.32. The predicted molar refractivity (Wildman–Crippen MR) is 52.6 cm³/mol. The van der Waals surface area contributed by atoms with E-state index in [-0.39, 0.29) is 6.42 Å². The fraction of sp³-hybridized carbons (Fsp3) is 0.333. The van der Waals surface area contributed by atoms with Gasteiger partial charge in [-0.15, -0.1) is 0 Å². The summed E-state index contributed by atoms with van der Waals surface area (Å²) in [5, 5.41) is 9.94. The molecule has 1 aromatic heterocycles. The minimum absolute atomic E-state index is 0.157. The molecule has 3 N–H and O–H groups in total. The molecule has 0 spiro atoms. The van der Waals surface area contributed by atoms with Gasteiger partial charge in [-0.25, -0.2) is 4.98 Å². The van der Waals surface area contributed by atoms with Crippen LogP contribution in [-0.2, 0) is 4.79 Å². The summed E-state index contributed by atoms with van der Waals surface area (Å²) in [5.41, 5.74) is 5.59. The summed E-state index contributed by atoms with van der Waals surface area (Å²) >= 11 is 5.58. The molecule has 1 heterocycles. The van der Waals surface area contributed by atoms with Crippen molar-refractivity contribution in [3.63, 3.8) is 0 Å². The Morgan fingerprint density at radius 2 is 2.36 bits per heavy atom. The van der Waals surface area contributed by atoms with Gasteiger partial charge in [0, 0.05) is 12.6 Å². The number of amides is 1. The molecule has 76 valence electrons. The van der Waals surface area contributed by atoms with E-state index in [0.717, 1.165) is 0 Å². The zero-order valence-corrected chi connectivity index (χ0v) is 8.24. The van der Waals surface area contributed by atoms with E-state index in [0.29, 0.717) is 17.1 Å². The SMILES string of the molecule is NC(=O)CCC(O)c1ccc(Cl)nc1. The average molecular weight is 215 g/mol. The molecule has 4 nitrogen and oxygen atoms in total. The number of nitrogens with zero attached hydrogens (tertiary/aromatic N) is 1. The Balaban J connectivity index is 2.56. The van der Waals surface area contributed by atoms with Gasteiger partial charge in [-0.05, 0) is 18.1 Å². The Kier molecular flexibility index (Phi) is 3.85. The first-order valence-corrected chi connectivity index (χ1v) is 4.55. The van der Waals surface area contributed by atoms with Gasteiger partial charge in [0.1, 0.15) is 5.15 Å². The molecule has 0 aliphatic carbocycles. The molecule has 0 saturated heterocycles. The summed E-state index contributed by atoms with van der Waals surface area (Å²) in [6.07, 6.45) is 1.23. The van der Waals surface area contributed by atoms with Gasteiger partial charge in [0.15, 0.2) is 0 Å². The third kappa shape index (κ3) is 3.32. The van der Waals surface area contributed by atoms with Crippen LogP contribution in [-0.4, -0.2) is 16.0 Å². The largest absolute Gasteiger partial charge is 0.388 e. The number of carbonyl (C=O) groups excluding carboxylic acids is 1. The number of hydrogen-bond acceptors (Lipinski definition) is 3. The van der Waals surface area contributed by atoms with Crippen LogP contribution < -0.4 is 5.73 Å². The molecule has 0 saturated carbocycles. The van der Waals surface area contributed by atoms with E-state index in [2.05, 4.69) is 4.98 Å². The summed E-state index contributed by atoms with van der Waals surface area (Å²) in [4.78, 5) is 14.3. The van der Waals surface area contributed by atoms with Crippen LogP contribution in [0.3, 0.4) is 0 Å². The zero-order valence-electron chi connectivity index (χ0n) is 7.48. The lowest BCUT2D eigenvalue weighted by Crippen LogP contribution is -2.12. The normalized spacial score (nSPS) is 12.4. The lowest BCUT2D eigenvalue weighted by Gasteiger charge is -2.08. The van der Waals surface area contributed by atoms with Crippen molar-refractivity contribution in [2.24, 2.45) is 5.73 Å². The van der Waals surface area contributed by atoms with Crippen LogP contribution in [0.1, 0.15) is 24.5 Å². The van der Waals surface area contributed by atoms with Gasteiger partial charge in [-0.3, -0.25) is 4.79 Å². The highest BCUT2D eigenvalue weighted by Gasteiger charge is 2.08. The highest BCUT2D eigenvalue weighted by Crippen LogP contribution is 2.18. The highest BCUT2D eigenvalue weighted by atomic mass is 35.5. The van der Waals surface area contributed by atoms with Gasteiger partial charge < -0.3 is 10.8 Å². The first-order chi connectivity index (χ1) is 6.59. The van der Waals surface area contributed by atoms with E-state index in [4.69, 9.17) is 17.3 Å². The van der Waals surface area contributed by atoms with E-state index in [1.54, 1.807) is 12.1 Å². The Labute approximate surface area is 86.7 Å². The van der Waals surface area contributed by atoms with Crippen molar-refractivity contribution < 1.29 is 9.90 Å². The Morgan fingerprint density at radius 3 is 2.86 bits per heavy atom. The van der Waals surface area contributed by atoms with Crippen molar-refractivity contribution in [1.82, 2.24) is 4.98 Å². The smallest absolute Gasteiger partial charge is 0.217 e. The van der Waals surface area contributed by atoms with Crippen molar-refractivity contribution >= 4 is 17.5 Å². The van der Waals surface area contributed by atoms with Gasteiger partial charge in [-0.2, -0.15) is 0 Å². The Morgan fingerprint density at radius 1 is 1.64 bits per heavy atom. The summed E-state index contributed by atoms with van der Waals surface area (Å²) in [7, 11) is 0. The minimum Gasteiger partial charge on any atom is -0.388 e. The molecule has 1 unspecified atom stereocenters. The van der Waals surface area contributed by atoms with E-state index in [1.165, 1.54) is 6.20 Å². The van der Waals surface area contributed by atoms with Gasteiger partial charge in [0.05, 0.1) is 6.10 Å². The lowest BCUT2D eigenvalue weighted by molar-refractivity contribution is -0.118. The monoisotopic (exact) mass is 214 g/mol. The molecule has 0 bridgehead atoms. The predicted octanol–water partition coefficient (Wildman–Crippen LogP) is 1.03. The maximum Gasteiger partial charge on any atom is 0.217 e. The molecule has 0 aromatic carbocycles. The molecule has 0 fully saturated rings. The maximum atomic E-state index is 10.5. The standard InChI is InChI=1S/C9H11ClN2O2/c10-8-3-1-6(5-12-8)7(13)2-4-9(11)14/h1,3,5,7,13H,2,4H2,(H2,11,14). The number of aliphatic hydroxyl groups excluding tert-OH is 1. The number of carbonyl (C=O) groups is 1. The topological polar surface area (TPSA) is 76.2 Å². The van der Waals surface area contributed by atoms with Crippen LogP contribution in [0.5, 0.6) is 0 Å². The highest BCUT2D eigenvalue weighted by molar-refractivity contribution is 6.29. The summed E-state index contributed by atoms with van der Waals surface area (Å²) in [6, 6.07) is 3.26. The number of pyridine rings is 1. The number of aromatic nitrogens is 1. The van der Waals surface area contributed by atoms with Gasteiger partial charge in [0.25, 0.3) is 0 Å². The van der Waals surface area contributed by atoms with E-state index >= 15 is 0 Å². The van der Waals surface area contributed by atoms with E-state index in [9.17, 15) is 9.90 Å². The van der Waals surface area contributed by atoms with Crippen LogP contribution >= 0.6 is 11.6 Å². The number of rotatable bonds is 4. The molecule has 0 radical (unpaired) electrons. The van der Waals surface area contributed by atoms with Gasteiger partial charge >= 0.3 is 0 Å². The number of aliphatic hydroxyl groups is 1. The van der Waals surface area contributed by atoms with Crippen molar-refractivity contribution in [1.29, 1.82) is 0 Å². The van der Waals surface area contributed by atoms with Gasteiger partial charge in [0.2, 0.25) is 5.91 Å². The Bertz CT molecular complexity index is 313. The van der Waals surface area contributed by atoms with Crippen LogP contribution in [0.4, 0.5) is 0 Å². The third-order valence-electron chi connectivity index (χ3n) is 1.80. The number of nitrogens with two attached hydrogens (primary N) is 1. The molecule has 1 rings (SSSR count). The number of halogens is 1. The molecule has 0 aliphatic rings. The number of hydrogen-bond donors (Lipinski definition) is 2. The first kappa shape index (κ1) is 10.9. The third-order valence-corrected chi connectivity index (χ3v) is 2.02. The second kappa shape index (κ2) is 4.93. The Hall–Kier alpha value is -1.13. The molecule has 1 aromatic rings. The minimum atomic E-state index is -0.715. The quantitative estimate of drug-likeness (QED) is 0.736. The van der Waals surface area contributed by atoms with E-state index < -0.39 is 12.0 Å². The molecule has 5 heteroatoms. The fourth-order valence-electron chi connectivity index (χ4n) is 1.03. The maximum absolute atomic E-state index is 10.5. The van der Waals surface area contributed by atoms with Crippen molar-refractivity contribution in [2.45, 2.75) is 18.9 Å². The van der Waals surface area contributed by atoms with Crippen LogP contribution in [0, 0.1) is 0 Å². The average Bonchev–Trinajstić information content (AvgIpc) is 2.15. The van der Waals surface area contributed by atoms with Crippen LogP contribution in [0.15, 0.2) is 18.3 Å². The summed E-state index contributed by atoms with van der Waals surface area (Å²) in [5.74, 6) is -0.425. The molecule has 1 atom stereocenters. The first-order valence-electron chi connectivity index (χ1n) is 4.17. The molecule has 0 aliphatic heterocycles. The molecule has 1 amide bonds. The molecular weight excluding hydrogens is 204 g/mol. The van der Waals surface area contributed by atoms with E-state index in [1.807, 2.05) is 0 Å². The lowest BCUT2D eigenvalue weighted by atomic mass is 10.1. The van der Waals surface area contributed by atoms with Gasteiger partial charge in [-0.1, -0.05) is 17.7 Å². The van der Waals surface area contributed by atoms with Crippen molar-refractivity contribution in [3.8, 4) is 0 Å². The van der Waals surface area contributed by atoms with Crippen molar-refractivity contribution in [2.75, 3.05) is 0 Å². The molecular formula is C9H11ClN2O2. The fourth-order valence-corrected chi connectivity index (χ4v) is 1.14. The summed E-state index contributed by atoms with van der Waals surface area (Å²) in [6.45, 7) is 0.